The van der Waals surface area contributed by atoms with Crippen molar-refractivity contribution < 1.29 is 28.7 Å². The number of hydrogen-bond acceptors (Lipinski definition) is 6. The fraction of sp³-hybridized carbons (Fsp3) is 0.500. The van der Waals surface area contributed by atoms with Crippen molar-refractivity contribution in [2.75, 3.05) is 44.7 Å². The Bertz CT molecular complexity index is 767. The van der Waals surface area contributed by atoms with Crippen LogP contribution in [0.1, 0.15) is 30.1 Å². The molecule has 1 saturated heterocycles. The highest BCUT2D eigenvalue weighted by Gasteiger charge is 2.29. The lowest BCUT2D eigenvalue weighted by molar-refractivity contribution is -0.136. The molecule has 9 heteroatoms. The van der Waals surface area contributed by atoms with Gasteiger partial charge in [-0.1, -0.05) is 0 Å². The highest BCUT2D eigenvalue weighted by Crippen LogP contribution is 2.30. The number of benzene rings is 1. The molecule has 1 aliphatic heterocycles. The van der Waals surface area contributed by atoms with Crippen LogP contribution in [0.3, 0.4) is 0 Å². The van der Waals surface area contributed by atoms with E-state index < -0.39 is 5.97 Å². The summed E-state index contributed by atoms with van der Waals surface area (Å²) in [6, 6.07) is 6.36. The van der Waals surface area contributed by atoms with Crippen LogP contribution in [0, 0.1) is 5.92 Å². The highest BCUT2D eigenvalue weighted by molar-refractivity contribution is 5.95. The summed E-state index contributed by atoms with van der Waals surface area (Å²) in [5.41, 5.74) is 0.920. The summed E-state index contributed by atoms with van der Waals surface area (Å²) >= 11 is 0. The van der Waals surface area contributed by atoms with E-state index in [4.69, 9.17) is 9.47 Å². The molecular weight excluding hydrogens is 378 g/mol. The fourth-order valence-electron chi connectivity index (χ4n) is 2.93. The number of esters is 1. The van der Waals surface area contributed by atoms with Gasteiger partial charge < -0.3 is 24.6 Å². The van der Waals surface area contributed by atoms with E-state index in [0.29, 0.717) is 44.0 Å². The standard InChI is InChI=1S/C20H25N3O6/c1-2-28-20(27)23-11-9-22(10-12-23)17(24)13-29-19(26)15-5-7-16(8-6-15)21-18(25)14-3-4-14/h5-8,14H,2-4,9-13H2,1H3,(H,21,25). The van der Waals surface area contributed by atoms with Gasteiger partial charge in [-0.25, -0.2) is 9.59 Å². The van der Waals surface area contributed by atoms with Crippen LogP contribution in [0.15, 0.2) is 24.3 Å². The maximum absolute atomic E-state index is 12.2. The van der Waals surface area contributed by atoms with E-state index >= 15 is 0 Å². The van der Waals surface area contributed by atoms with Crippen molar-refractivity contribution in [1.29, 1.82) is 0 Å². The summed E-state index contributed by atoms with van der Waals surface area (Å²) in [6.07, 6.45) is 1.45. The van der Waals surface area contributed by atoms with E-state index in [9.17, 15) is 19.2 Å². The minimum absolute atomic E-state index is 0.00558. The van der Waals surface area contributed by atoms with Gasteiger partial charge in [0.2, 0.25) is 5.91 Å². The summed E-state index contributed by atoms with van der Waals surface area (Å²) in [5, 5.41) is 2.79. The molecular formula is C20H25N3O6. The number of nitrogens with one attached hydrogen (secondary N) is 1. The second kappa shape index (κ2) is 9.40. The van der Waals surface area contributed by atoms with E-state index in [1.54, 1.807) is 41.0 Å². The number of carbonyl (C=O) groups excluding carboxylic acids is 4. The predicted octanol–water partition coefficient (Wildman–Crippen LogP) is 1.49. The molecule has 1 aliphatic carbocycles. The van der Waals surface area contributed by atoms with Gasteiger partial charge in [-0.2, -0.15) is 0 Å². The number of nitrogens with zero attached hydrogens (tertiary/aromatic N) is 2. The normalized spacial score (nSPS) is 16.2. The molecule has 156 valence electrons. The predicted molar refractivity (Wildman–Crippen MR) is 103 cm³/mol. The lowest BCUT2D eigenvalue weighted by Crippen LogP contribution is -2.51. The van der Waals surface area contributed by atoms with Crippen LogP contribution in [0.2, 0.25) is 0 Å². The van der Waals surface area contributed by atoms with Gasteiger partial charge in [-0.3, -0.25) is 9.59 Å². The lowest BCUT2D eigenvalue weighted by Gasteiger charge is -2.33. The highest BCUT2D eigenvalue weighted by atomic mass is 16.6. The third kappa shape index (κ3) is 5.69. The first-order valence-electron chi connectivity index (χ1n) is 9.75. The maximum Gasteiger partial charge on any atom is 0.409 e. The Hall–Kier alpha value is -3.10. The number of anilines is 1. The Morgan fingerprint density at radius 1 is 0.966 bits per heavy atom. The van der Waals surface area contributed by atoms with Crippen LogP contribution in [0.25, 0.3) is 0 Å². The minimum atomic E-state index is -0.608. The SMILES string of the molecule is CCOC(=O)N1CCN(C(=O)COC(=O)c2ccc(NC(=O)C3CC3)cc2)CC1. The van der Waals surface area contributed by atoms with Crippen molar-refractivity contribution in [3.05, 3.63) is 29.8 Å². The van der Waals surface area contributed by atoms with Crippen LogP contribution >= 0.6 is 0 Å². The van der Waals surface area contributed by atoms with Gasteiger partial charge in [0.15, 0.2) is 6.61 Å². The van der Waals surface area contributed by atoms with Crippen LogP contribution < -0.4 is 5.32 Å². The summed E-state index contributed by atoms with van der Waals surface area (Å²) in [5.74, 6) is -0.822. The van der Waals surface area contributed by atoms with Crippen molar-refractivity contribution in [2.24, 2.45) is 5.92 Å². The Labute approximate surface area is 168 Å². The van der Waals surface area contributed by atoms with Crippen LogP contribution in [-0.2, 0) is 19.1 Å². The third-order valence-corrected chi connectivity index (χ3v) is 4.82. The Kier molecular flexibility index (Phi) is 6.69. The molecule has 0 bridgehead atoms. The number of amides is 3. The van der Waals surface area contributed by atoms with Crippen LogP contribution in [-0.4, -0.2) is 73.1 Å². The number of ether oxygens (including phenoxy) is 2. The van der Waals surface area contributed by atoms with Crippen molar-refractivity contribution in [2.45, 2.75) is 19.8 Å². The molecule has 0 spiro atoms. The van der Waals surface area contributed by atoms with E-state index in [2.05, 4.69) is 5.32 Å². The van der Waals surface area contributed by atoms with Gasteiger partial charge in [0.05, 0.1) is 12.2 Å². The number of piperazine rings is 1. The first-order chi connectivity index (χ1) is 14.0. The molecule has 9 nitrogen and oxygen atoms in total. The zero-order valence-corrected chi connectivity index (χ0v) is 16.4. The second-order valence-electron chi connectivity index (χ2n) is 6.98. The average molecular weight is 403 g/mol. The van der Waals surface area contributed by atoms with Gasteiger partial charge in [-0.15, -0.1) is 0 Å². The van der Waals surface area contributed by atoms with Gasteiger partial charge in [0.25, 0.3) is 5.91 Å². The zero-order valence-electron chi connectivity index (χ0n) is 16.4. The molecule has 3 rings (SSSR count). The van der Waals surface area contributed by atoms with Crippen LogP contribution in [0.4, 0.5) is 10.5 Å². The maximum atomic E-state index is 12.2. The molecule has 1 heterocycles. The van der Waals surface area contributed by atoms with Crippen molar-refractivity contribution in [3.63, 3.8) is 0 Å². The van der Waals surface area contributed by atoms with E-state index in [1.165, 1.54) is 0 Å². The lowest BCUT2D eigenvalue weighted by atomic mass is 10.2. The molecule has 1 N–H and O–H groups in total. The fourth-order valence-corrected chi connectivity index (χ4v) is 2.93. The molecule has 0 unspecified atom stereocenters. The van der Waals surface area contributed by atoms with E-state index in [-0.39, 0.29) is 30.4 Å². The van der Waals surface area contributed by atoms with Gasteiger partial charge in [0, 0.05) is 37.8 Å². The Morgan fingerprint density at radius 2 is 1.59 bits per heavy atom. The van der Waals surface area contributed by atoms with Gasteiger partial charge >= 0.3 is 12.1 Å². The van der Waals surface area contributed by atoms with Crippen molar-refractivity contribution in [1.82, 2.24) is 9.80 Å². The minimum Gasteiger partial charge on any atom is -0.452 e. The topological polar surface area (TPSA) is 105 Å². The molecule has 1 aromatic rings. The second-order valence-corrected chi connectivity index (χ2v) is 6.98. The summed E-state index contributed by atoms with van der Waals surface area (Å²) in [6.45, 7) is 3.18. The number of hydrogen-bond donors (Lipinski definition) is 1. The monoisotopic (exact) mass is 403 g/mol. The summed E-state index contributed by atoms with van der Waals surface area (Å²) in [7, 11) is 0. The molecule has 2 aliphatic rings. The number of rotatable bonds is 6. The Balaban J connectivity index is 1.41. The molecule has 3 amide bonds. The third-order valence-electron chi connectivity index (χ3n) is 4.82. The summed E-state index contributed by atoms with van der Waals surface area (Å²) < 4.78 is 10.0. The largest absolute Gasteiger partial charge is 0.452 e. The Morgan fingerprint density at radius 3 is 2.17 bits per heavy atom. The van der Waals surface area contributed by atoms with Gasteiger partial charge in [-0.05, 0) is 44.0 Å². The first-order valence-corrected chi connectivity index (χ1v) is 9.75. The molecule has 0 radical (unpaired) electrons. The molecule has 0 aromatic heterocycles. The summed E-state index contributed by atoms with van der Waals surface area (Å²) in [4.78, 5) is 50.9. The van der Waals surface area contributed by atoms with E-state index in [1.807, 2.05) is 0 Å². The smallest absolute Gasteiger partial charge is 0.409 e. The average Bonchev–Trinajstić information content (AvgIpc) is 3.58. The molecule has 2 fully saturated rings. The molecule has 1 saturated carbocycles. The first kappa shape index (κ1) is 20.6. The number of carbonyl (C=O) groups is 4. The zero-order chi connectivity index (χ0) is 20.8. The molecule has 29 heavy (non-hydrogen) atoms. The van der Waals surface area contributed by atoms with Crippen LogP contribution in [0.5, 0.6) is 0 Å². The van der Waals surface area contributed by atoms with Gasteiger partial charge in [0.1, 0.15) is 0 Å². The molecule has 0 atom stereocenters. The van der Waals surface area contributed by atoms with Crippen molar-refractivity contribution in [3.8, 4) is 0 Å². The van der Waals surface area contributed by atoms with E-state index in [0.717, 1.165) is 12.8 Å². The quantitative estimate of drug-likeness (QED) is 0.722. The van der Waals surface area contributed by atoms with Crippen molar-refractivity contribution >= 4 is 29.6 Å². The molecule has 1 aromatic carbocycles.